The van der Waals surface area contributed by atoms with Crippen LogP contribution in [0.25, 0.3) is 0 Å². The van der Waals surface area contributed by atoms with E-state index in [-0.39, 0.29) is 11.8 Å². The molecule has 2 atom stereocenters. The van der Waals surface area contributed by atoms with Crippen LogP contribution in [-0.2, 0) is 11.3 Å². The van der Waals surface area contributed by atoms with Crippen LogP contribution in [0.4, 0.5) is 0 Å². The quantitative estimate of drug-likeness (QED) is 0.916. The van der Waals surface area contributed by atoms with Gasteiger partial charge in [0.2, 0.25) is 11.8 Å². The average molecular weight is 282 g/mol. The van der Waals surface area contributed by atoms with Gasteiger partial charge in [0.25, 0.3) is 0 Å². The Balaban J connectivity index is 1.53. The maximum atomic E-state index is 11.7. The largest absolute Gasteiger partial charge is 0.439 e. The van der Waals surface area contributed by atoms with Crippen LogP contribution in [0, 0.1) is 11.8 Å². The van der Waals surface area contributed by atoms with Gasteiger partial charge in [-0.25, -0.2) is 4.98 Å². The molecular weight excluding hydrogens is 264 g/mol. The van der Waals surface area contributed by atoms with Crippen molar-refractivity contribution in [1.82, 2.24) is 10.3 Å². The summed E-state index contributed by atoms with van der Waals surface area (Å²) >= 11 is 0. The first-order valence-electron chi connectivity index (χ1n) is 7.18. The second-order valence-corrected chi connectivity index (χ2v) is 5.46. The van der Waals surface area contributed by atoms with Crippen LogP contribution in [0.3, 0.4) is 0 Å². The molecule has 1 aromatic heterocycles. The summed E-state index contributed by atoms with van der Waals surface area (Å²) in [6.07, 6.45) is 2.74. The number of hydrogen-bond acceptors (Lipinski definition) is 3. The average Bonchev–Trinajstić information content (AvgIpc) is 3.24. The number of hydrogen-bond donors (Lipinski definition) is 1. The summed E-state index contributed by atoms with van der Waals surface area (Å²) < 4.78 is 5.62. The summed E-state index contributed by atoms with van der Waals surface area (Å²) in [7, 11) is 0. The first kappa shape index (κ1) is 13.6. The monoisotopic (exact) mass is 282 g/mol. The summed E-state index contributed by atoms with van der Waals surface area (Å²) in [5.74, 6) is 2.19. The van der Waals surface area contributed by atoms with Crippen LogP contribution in [0.2, 0.25) is 0 Å². The molecule has 1 saturated carbocycles. The Bertz CT molecular complexity index is 610. The Labute approximate surface area is 124 Å². The van der Waals surface area contributed by atoms with Gasteiger partial charge in [0.05, 0.1) is 0 Å². The Morgan fingerprint density at radius 3 is 2.67 bits per heavy atom. The minimum Gasteiger partial charge on any atom is -0.439 e. The summed E-state index contributed by atoms with van der Waals surface area (Å²) in [5.41, 5.74) is 0.970. The fourth-order valence-corrected chi connectivity index (χ4v) is 2.19. The van der Waals surface area contributed by atoms with Crippen LogP contribution >= 0.6 is 0 Å². The Hall–Kier alpha value is -2.36. The Kier molecular flexibility index (Phi) is 3.86. The zero-order chi connectivity index (χ0) is 14.7. The Morgan fingerprint density at radius 2 is 2.05 bits per heavy atom. The lowest BCUT2D eigenvalue weighted by Crippen LogP contribution is -2.24. The van der Waals surface area contributed by atoms with Gasteiger partial charge in [-0.15, -0.1) is 0 Å². The van der Waals surface area contributed by atoms with Crippen LogP contribution in [0.1, 0.15) is 18.9 Å². The van der Waals surface area contributed by atoms with Crippen LogP contribution in [0.15, 0.2) is 48.7 Å². The predicted octanol–water partition coefficient (Wildman–Crippen LogP) is 3.15. The smallest absolute Gasteiger partial charge is 0.223 e. The van der Waals surface area contributed by atoms with E-state index in [4.69, 9.17) is 4.74 Å². The molecule has 1 fully saturated rings. The minimum atomic E-state index is 0.145. The number of pyridine rings is 1. The molecule has 0 aliphatic heterocycles. The van der Waals surface area contributed by atoms with Crippen molar-refractivity contribution in [2.75, 3.05) is 0 Å². The summed E-state index contributed by atoms with van der Waals surface area (Å²) in [6.45, 7) is 2.61. The molecule has 1 heterocycles. The third kappa shape index (κ3) is 3.60. The molecule has 4 nitrogen and oxygen atoms in total. The van der Waals surface area contributed by atoms with E-state index >= 15 is 0 Å². The predicted molar refractivity (Wildman–Crippen MR) is 79.9 cm³/mol. The van der Waals surface area contributed by atoms with Gasteiger partial charge in [0, 0.05) is 24.7 Å². The molecule has 1 amide bonds. The van der Waals surface area contributed by atoms with Crippen molar-refractivity contribution < 1.29 is 9.53 Å². The fourth-order valence-electron chi connectivity index (χ4n) is 2.19. The number of aromatic nitrogens is 1. The second kappa shape index (κ2) is 5.95. The first-order chi connectivity index (χ1) is 10.2. The maximum Gasteiger partial charge on any atom is 0.223 e. The van der Waals surface area contributed by atoms with E-state index in [2.05, 4.69) is 17.2 Å². The lowest BCUT2D eigenvalue weighted by atomic mass is 10.2. The number of carbonyl (C=O) groups excluding carboxylic acids is 1. The highest BCUT2D eigenvalue weighted by atomic mass is 16.5. The molecule has 2 aromatic rings. The van der Waals surface area contributed by atoms with Gasteiger partial charge < -0.3 is 10.1 Å². The highest BCUT2D eigenvalue weighted by molar-refractivity contribution is 5.81. The maximum absolute atomic E-state index is 11.7. The van der Waals surface area contributed by atoms with E-state index in [1.807, 2.05) is 42.5 Å². The molecule has 2 unspecified atom stereocenters. The normalized spacial score (nSPS) is 19.9. The van der Waals surface area contributed by atoms with E-state index in [0.717, 1.165) is 17.7 Å². The molecule has 21 heavy (non-hydrogen) atoms. The standard InChI is InChI=1S/C17H18N2O2/c1-12-9-15(12)17(20)19-11-13-7-8-16(18-10-13)21-14-5-3-2-4-6-14/h2-8,10,12,15H,9,11H2,1H3,(H,19,20). The molecule has 1 aliphatic rings. The zero-order valence-corrected chi connectivity index (χ0v) is 12.0. The van der Waals surface area contributed by atoms with Crippen LogP contribution in [0.5, 0.6) is 11.6 Å². The molecule has 1 aliphatic carbocycles. The molecule has 3 rings (SSSR count). The molecule has 0 spiro atoms. The third-order valence-electron chi connectivity index (χ3n) is 3.68. The van der Waals surface area contributed by atoms with Crippen molar-refractivity contribution in [2.45, 2.75) is 19.9 Å². The number of nitrogens with one attached hydrogen (secondary N) is 1. The number of amides is 1. The van der Waals surface area contributed by atoms with Crippen molar-refractivity contribution in [3.63, 3.8) is 0 Å². The highest BCUT2D eigenvalue weighted by Gasteiger charge is 2.38. The lowest BCUT2D eigenvalue weighted by Gasteiger charge is -2.07. The molecule has 4 heteroatoms. The van der Waals surface area contributed by atoms with Gasteiger partial charge in [0.15, 0.2) is 0 Å². The van der Waals surface area contributed by atoms with E-state index in [9.17, 15) is 4.79 Å². The number of carbonyl (C=O) groups is 1. The van der Waals surface area contributed by atoms with Gasteiger partial charge >= 0.3 is 0 Å². The first-order valence-corrected chi connectivity index (χ1v) is 7.18. The number of para-hydroxylation sites is 1. The summed E-state index contributed by atoms with van der Waals surface area (Å²) in [5, 5.41) is 2.94. The molecular formula is C17H18N2O2. The number of benzene rings is 1. The SMILES string of the molecule is CC1CC1C(=O)NCc1ccc(Oc2ccccc2)nc1. The number of rotatable bonds is 5. The Morgan fingerprint density at radius 1 is 1.29 bits per heavy atom. The second-order valence-electron chi connectivity index (χ2n) is 5.46. The van der Waals surface area contributed by atoms with Gasteiger partial charge in [-0.05, 0) is 30.0 Å². The van der Waals surface area contributed by atoms with Gasteiger partial charge in [0.1, 0.15) is 5.75 Å². The molecule has 1 aromatic carbocycles. The van der Waals surface area contributed by atoms with Gasteiger partial charge in [-0.3, -0.25) is 4.79 Å². The van der Waals surface area contributed by atoms with Crippen molar-refractivity contribution >= 4 is 5.91 Å². The highest BCUT2D eigenvalue weighted by Crippen LogP contribution is 2.37. The molecule has 0 bridgehead atoms. The van der Waals surface area contributed by atoms with Crippen molar-refractivity contribution in [3.05, 3.63) is 54.2 Å². The molecule has 108 valence electrons. The van der Waals surface area contributed by atoms with Crippen molar-refractivity contribution in [2.24, 2.45) is 11.8 Å². The van der Waals surface area contributed by atoms with E-state index in [1.54, 1.807) is 6.20 Å². The fraction of sp³-hybridized carbons (Fsp3) is 0.294. The lowest BCUT2D eigenvalue weighted by molar-refractivity contribution is -0.122. The number of ether oxygens (including phenoxy) is 1. The zero-order valence-electron chi connectivity index (χ0n) is 12.0. The summed E-state index contributed by atoms with van der Waals surface area (Å²) in [6, 6.07) is 13.3. The third-order valence-corrected chi connectivity index (χ3v) is 3.68. The number of nitrogens with zero attached hydrogens (tertiary/aromatic N) is 1. The van der Waals surface area contributed by atoms with Crippen molar-refractivity contribution in [3.8, 4) is 11.6 Å². The van der Waals surface area contributed by atoms with E-state index in [1.165, 1.54) is 0 Å². The van der Waals surface area contributed by atoms with Gasteiger partial charge in [-0.2, -0.15) is 0 Å². The summed E-state index contributed by atoms with van der Waals surface area (Å²) in [4.78, 5) is 16.0. The molecule has 0 saturated heterocycles. The topological polar surface area (TPSA) is 51.2 Å². The molecule has 0 radical (unpaired) electrons. The van der Waals surface area contributed by atoms with E-state index in [0.29, 0.717) is 18.3 Å². The molecule has 1 N–H and O–H groups in total. The van der Waals surface area contributed by atoms with Crippen LogP contribution in [-0.4, -0.2) is 10.9 Å². The van der Waals surface area contributed by atoms with Gasteiger partial charge in [-0.1, -0.05) is 31.2 Å². The van der Waals surface area contributed by atoms with E-state index < -0.39 is 0 Å². The van der Waals surface area contributed by atoms with Crippen molar-refractivity contribution in [1.29, 1.82) is 0 Å². The van der Waals surface area contributed by atoms with Crippen LogP contribution < -0.4 is 10.1 Å². The minimum absolute atomic E-state index is 0.145.